The quantitative estimate of drug-likeness (QED) is 0.517. The molecule has 0 spiro atoms. The first kappa shape index (κ1) is 20.1. The summed E-state index contributed by atoms with van der Waals surface area (Å²) in [5.41, 5.74) is 7.42. The lowest BCUT2D eigenvalue weighted by Gasteiger charge is -2.27. The van der Waals surface area contributed by atoms with Crippen molar-refractivity contribution in [2.24, 2.45) is 0 Å². The van der Waals surface area contributed by atoms with E-state index in [9.17, 15) is 0 Å². The molecule has 0 aromatic heterocycles. The Morgan fingerprint density at radius 1 is 0.821 bits per heavy atom. The van der Waals surface area contributed by atoms with Crippen molar-refractivity contribution >= 4 is 23.0 Å². The highest BCUT2D eigenvalue weighted by Crippen LogP contribution is 2.18. The summed E-state index contributed by atoms with van der Waals surface area (Å²) in [6.07, 6.45) is 0.960. The van der Waals surface area contributed by atoms with Crippen molar-refractivity contribution in [2.75, 3.05) is 11.9 Å². The number of benzene rings is 3. The van der Waals surface area contributed by atoms with Gasteiger partial charge in [0.2, 0.25) is 0 Å². The van der Waals surface area contributed by atoms with Crippen molar-refractivity contribution in [3.05, 3.63) is 101 Å². The molecule has 0 saturated carbocycles. The Balaban J connectivity index is 1.74. The van der Waals surface area contributed by atoms with Crippen LogP contribution in [0.15, 0.2) is 72.8 Å². The first-order chi connectivity index (χ1) is 13.5. The smallest absolute Gasteiger partial charge is 0.173 e. The van der Waals surface area contributed by atoms with Gasteiger partial charge in [-0.3, -0.25) is 0 Å². The highest BCUT2D eigenvalue weighted by molar-refractivity contribution is 7.80. The minimum Gasteiger partial charge on any atom is -0.344 e. The molecule has 0 radical (unpaired) electrons. The van der Waals surface area contributed by atoms with Crippen LogP contribution in [0.5, 0.6) is 0 Å². The summed E-state index contributed by atoms with van der Waals surface area (Å²) in [6.45, 7) is 8.01. The average molecular weight is 389 g/mol. The highest BCUT2D eigenvalue weighted by Gasteiger charge is 2.12. The van der Waals surface area contributed by atoms with Crippen molar-refractivity contribution < 1.29 is 0 Å². The number of anilines is 1. The van der Waals surface area contributed by atoms with E-state index in [1.807, 2.05) is 6.07 Å². The largest absolute Gasteiger partial charge is 0.344 e. The predicted molar refractivity (Wildman–Crippen MR) is 124 cm³/mol. The Morgan fingerprint density at radius 2 is 1.50 bits per heavy atom. The van der Waals surface area contributed by atoms with Gasteiger partial charge in [0.1, 0.15) is 0 Å². The summed E-state index contributed by atoms with van der Waals surface area (Å²) < 4.78 is 0. The monoisotopic (exact) mass is 388 g/mol. The Kier molecular flexibility index (Phi) is 6.83. The standard InChI is InChI=1S/C25H28N2S/c1-19-9-12-22(13-10-19)15-16-27(18-23-7-5-4-6-8-23)25(28)26-24-14-11-20(2)17-21(24)3/h4-14,17H,15-16,18H2,1-3H3,(H,26,28). The number of thiocarbonyl (C=S) groups is 1. The van der Waals surface area contributed by atoms with Crippen LogP contribution in [0.4, 0.5) is 5.69 Å². The Labute approximate surface area is 174 Å². The van der Waals surface area contributed by atoms with Crippen LogP contribution in [0.3, 0.4) is 0 Å². The fourth-order valence-electron chi connectivity index (χ4n) is 3.22. The molecule has 3 aromatic carbocycles. The number of aryl methyl sites for hydroxylation is 3. The number of nitrogens with zero attached hydrogens (tertiary/aromatic N) is 1. The second kappa shape index (κ2) is 9.52. The van der Waals surface area contributed by atoms with Crippen LogP contribution in [0.25, 0.3) is 0 Å². The average Bonchev–Trinajstić information content (AvgIpc) is 2.69. The maximum absolute atomic E-state index is 5.80. The molecule has 2 nitrogen and oxygen atoms in total. The van der Waals surface area contributed by atoms with Crippen molar-refractivity contribution in [2.45, 2.75) is 33.7 Å². The zero-order valence-corrected chi connectivity index (χ0v) is 17.7. The fourth-order valence-corrected chi connectivity index (χ4v) is 3.49. The van der Waals surface area contributed by atoms with Gasteiger partial charge in [0.05, 0.1) is 0 Å². The number of hydrogen-bond donors (Lipinski definition) is 1. The van der Waals surface area contributed by atoms with Crippen molar-refractivity contribution in [3.63, 3.8) is 0 Å². The molecular formula is C25H28N2S. The van der Waals surface area contributed by atoms with E-state index >= 15 is 0 Å². The molecule has 0 heterocycles. The second-order valence-electron chi connectivity index (χ2n) is 7.39. The highest BCUT2D eigenvalue weighted by atomic mass is 32.1. The molecule has 3 aromatic rings. The second-order valence-corrected chi connectivity index (χ2v) is 7.78. The summed E-state index contributed by atoms with van der Waals surface area (Å²) in [4.78, 5) is 2.25. The van der Waals surface area contributed by atoms with Gasteiger partial charge in [-0.05, 0) is 62.2 Å². The van der Waals surface area contributed by atoms with E-state index in [2.05, 4.69) is 97.7 Å². The molecule has 0 amide bonds. The predicted octanol–water partition coefficient (Wildman–Crippen LogP) is 6.05. The fraction of sp³-hybridized carbons (Fsp3) is 0.240. The van der Waals surface area contributed by atoms with Crippen LogP contribution in [-0.4, -0.2) is 16.6 Å². The minimum absolute atomic E-state index is 0.767. The van der Waals surface area contributed by atoms with Gasteiger partial charge in [-0.15, -0.1) is 0 Å². The van der Waals surface area contributed by atoms with Crippen LogP contribution in [0, 0.1) is 20.8 Å². The maximum atomic E-state index is 5.80. The topological polar surface area (TPSA) is 15.3 Å². The van der Waals surface area contributed by atoms with Gasteiger partial charge in [-0.2, -0.15) is 0 Å². The molecule has 3 heteroatoms. The Morgan fingerprint density at radius 3 is 2.18 bits per heavy atom. The van der Waals surface area contributed by atoms with Gasteiger partial charge < -0.3 is 10.2 Å². The summed E-state index contributed by atoms with van der Waals surface area (Å²) in [6, 6.07) is 25.7. The normalized spacial score (nSPS) is 10.5. The molecule has 1 N–H and O–H groups in total. The van der Waals surface area contributed by atoms with Crippen molar-refractivity contribution in [3.8, 4) is 0 Å². The van der Waals surface area contributed by atoms with Gasteiger partial charge in [-0.25, -0.2) is 0 Å². The van der Waals surface area contributed by atoms with E-state index in [1.165, 1.54) is 27.8 Å². The summed E-state index contributed by atoms with van der Waals surface area (Å²) >= 11 is 5.80. The number of nitrogens with one attached hydrogen (secondary N) is 1. The zero-order valence-electron chi connectivity index (χ0n) is 16.9. The third-order valence-electron chi connectivity index (χ3n) is 4.92. The molecule has 0 unspecified atom stereocenters. The molecule has 0 bridgehead atoms. The van der Waals surface area contributed by atoms with E-state index in [-0.39, 0.29) is 0 Å². The molecule has 3 rings (SSSR count). The third kappa shape index (κ3) is 5.67. The van der Waals surface area contributed by atoms with E-state index in [4.69, 9.17) is 12.2 Å². The summed E-state index contributed by atoms with van der Waals surface area (Å²) in [5.74, 6) is 0. The molecule has 0 atom stereocenters. The SMILES string of the molecule is Cc1ccc(CCN(Cc2ccccc2)C(=S)Nc2ccc(C)cc2C)cc1. The molecular weight excluding hydrogens is 360 g/mol. The van der Waals surface area contributed by atoms with Crippen molar-refractivity contribution in [1.82, 2.24) is 4.90 Å². The molecule has 0 aliphatic rings. The first-order valence-electron chi connectivity index (χ1n) is 9.74. The molecule has 0 fully saturated rings. The molecule has 0 saturated heterocycles. The van der Waals surface area contributed by atoms with Gasteiger partial charge >= 0.3 is 0 Å². The lowest BCUT2D eigenvalue weighted by atomic mass is 10.1. The first-order valence-corrected chi connectivity index (χ1v) is 10.1. The van der Waals surface area contributed by atoms with Crippen LogP contribution in [0.1, 0.15) is 27.8 Å². The lowest BCUT2D eigenvalue weighted by molar-refractivity contribution is 0.423. The Hall–Kier alpha value is -2.65. The Bertz CT molecular complexity index is 917. The molecule has 28 heavy (non-hydrogen) atoms. The maximum Gasteiger partial charge on any atom is 0.173 e. The summed E-state index contributed by atoms with van der Waals surface area (Å²) in [5, 5.41) is 4.23. The van der Waals surface area contributed by atoms with E-state index in [0.29, 0.717) is 0 Å². The van der Waals surface area contributed by atoms with Crippen LogP contribution >= 0.6 is 12.2 Å². The van der Waals surface area contributed by atoms with Gasteiger partial charge in [0, 0.05) is 18.8 Å². The summed E-state index contributed by atoms with van der Waals surface area (Å²) in [7, 11) is 0. The molecule has 0 aliphatic carbocycles. The van der Waals surface area contributed by atoms with Gasteiger partial charge in [-0.1, -0.05) is 77.9 Å². The van der Waals surface area contributed by atoms with E-state index in [1.54, 1.807) is 0 Å². The zero-order chi connectivity index (χ0) is 19.9. The van der Waals surface area contributed by atoms with Crippen molar-refractivity contribution in [1.29, 1.82) is 0 Å². The number of hydrogen-bond acceptors (Lipinski definition) is 1. The molecule has 0 aliphatic heterocycles. The van der Waals surface area contributed by atoms with Gasteiger partial charge in [0.25, 0.3) is 0 Å². The van der Waals surface area contributed by atoms with E-state index in [0.717, 1.165) is 30.3 Å². The van der Waals surface area contributed by atoms with Crippen LogP contribution in [-0.2, 0) is 13.0 Å². The van der Waals surface area contributed by atoms with Gasteiger partial charge in [0.15, 0.2) is 5.11 Å². The lowest BCUT2D eigenvalue weighted by Crippen LogP contribution is -2.36. The van der Waals surface area contributed by atoms with Crippen LogP contribution < -0.4 is 5.32 Å². The minimum atomic E-state index is 0.767. The number of rotatable bonds is 6. The van der Waals surface area contributed by atoms with E-state index < -0.39 is 0 Å². The third-order valence-corrected chi connectivity index (χ3v) is 5.28. The molecule has 144 valence electrons. The van der Waals surface area contributed by atoms with Crippen LogP contribution in [0.2, 0.25) is 0 Å².